The standard InChI is InChI=1S/C14H21ClN2O2/c1-2-7-17(8-9-18)11-14(19)16-10-12-3-5-13(15)6-4-12/h3-6,18H,2,7-11H2,1H3,(H,16,19). The Morgan fingerprint density at radius 2 is 2.00 bits per heavy atom. The van der Waals surface area contributed by atoms with E-state index in [1.54, 1.807) is 12.1 Å². The number of benzene rings is 1. The minimum atomic E-state index is -0.0307. The Hall–Kier alpha value is -1.10. The molecule has 0 radical (unpaired) electrons. The summed E-state index contributed by atoms with van der Waals surface area (Å²) < 4.78 is 0. The second-order valence-corrected chi connectivity index (χ2v) is 4.84. The molecule has 2 N–H and O–H groups in total. The molecule has 0 heterocycles. The number of aliphatic hydroxyl groups is 1. The van der Waals surface area contributed by atoms with Crippen molar-refractivity contribution in [3.63, 3.8) is 0 Å². The van der Waals surface area contributed by atoms with E-state index in [0.717, 1.165) is 18.5 Å². The summed E-state index contributed by atoms with van der Waals surface area (Å²) >= 11 is 5.80. The van der Waals surface area contributed by atoms with Crippen LogP contribution in [0.25, 0.3) is 0 Å². The molecule has 4 nitrogen and oxygen atoms in total. The Balaban J connectivity index is 2.35. The zero-order chi connectivity index (χ0) is 14.1. The summed E-state index contributed by atoms with van der Waals surface area (Å²) in [6, 6.07) is 7.39. The number of rotatable bonds is 8. The van der Waals surface area contributed by atoms with E-state index in [-0.39, 0.29) is 12.5 Å². The third kappa shape index (κ3) is 6.57. The number of hydrogen-bond donors (Lipinski definition) is 2. The lowest BCUT2D eigenvalue weighted by Gasteiger charge is -2.19. The molecule has 0 aliphatic rings. The molecule has 1 amide bonds. The number of aliphatic hydroxyl groups excluding tert-OH is 1. The predicted octanol–water partition coefficient (Wildman–Crippen LogP) is 1.66. The Labute approximate surface area is 119 Å². The molecule has 0 saturated heterocycles. The smallest absolute Gasteiger partial charge is 0.234 e. The van der Waals surface area contributed by atoms with Gasteiger partial charge >= 0.3 is 0 Å². The Kier molecular flexibility index (Phi) is 7.48. The first kappa shape index (κ1) is 16.0. The van der Waals surface area contributed by atoms with Gasteiger partial charge in [-0.1, -0.05) is 30.7 Å². The molecule has 1 aromatic carbocycles. The Morgan fingerprint density at radius 3 is 2.58 bits per heavy atom. The van der Waals surface area contributed by atoms with Crippen molar-refractivity contribution in [2.45, 2.75) is 19.9 Å². The number of nitrogens with one attached hydrogen (secondary N) is 1. The molecule has 0 bridgehead atoms. The number of hydrogen-bond acceptors (Lipinski definition) is 3. The predicted molar refractivity (Wildman–Crippen MR) is 77.1 cm³/mol. The van der Waals surface area contributed by atoms with Crippen molar-refractivity contribution < 1.29 is 9.90 Å². The number of amides is 1. The van der Waals surface area contributed by atoms with Gasteiger partial charge in [-0.05, 0) is 30.7 Å². The van der Waals surface area contributed by atoms with E-state index in [1.165, 1.54) is 0 Å². The zero-order valence-corrected chi connectivity index (χ0v) is 12.0. The number of nitrogens with zero attached hydrogens (tertiary/aromatic N) is 1. The highest BCUT2D eigenvalue weighted by Crippen LogP contribution is 2.09. The molecule has 19 heavy (non-hydrogen) atoms. The van der Waals surface area contributed by atoms with Gasteiger partial charge in [0.15, 0.2) is 0 Å². The number of halogens is 1. The Bertz CT molecular complexity index is 376. The van der Waals surface area contributed by atoms with Crippen molar-refractivity contribution in [3.8, 4) is 0 Å². The van der Waals surface area contributed by atoms with E-state index in [4.69, 9.17) is 16.7 Å². The van der Waals surface area contributed by atoms with Gasteiger partial charge in [0.1, 0.15) is 0 Å². The Morgan fingerprint density at radius 1 is 1.32 bits per heavy atom. The highest BCUT2D eigenvalue weighted by atomic mass is 35.5. The maximum Gasteiger partial charge on any atom is 0.234 e. The molecular formula is C14H21ClN2O2. The van der Waals surface area contributed by atoms with Gasteiger partial charge in [0.2, 0.25) is 5.91 Å². The summed E-state index contributed by atoms with van der Waals surface area (Å²) in [5, 5.41) is 12.5. The lowest BCUT2D eigenvalue weighted by atomic mass is 10.2. The fraction of sp³-hybridized carbons (Fsp3) is 0.500. The minimum absolute atomic E-state index is 0.0307. The molecule has 0 aromatic heterocycles. The van der Waals surface area contributed by atoms with Gasteiger partial charge in [-0.3, -0.25) is 9.69 Å². The molecule has 0 aliphatic heterocycles. The summed E-state index contributed by atoms with van der Waals surface area (Å²) in [6.07, 6.45) is 0.963. The van der Waals surface area contributed by atoms with Gasteiger partial charge in [-0.2, -0.15) is 0 Å². The van der Waals surface area contributed by atoms with Crippen LogP contribution in [-0.2, 0) is 11.3 Å². The first-order valence-corrected chi connectivity index (χ1v) is 6.88. The van der Waals surface area contributed by atoms with Crippen molar-refractivity contribution in [1.82, 2.24) is 10.2 Å². The third-order valence-corrected chi connectivity index (χ3v) is 2.98. The molecule has 1 aromatic rings. The number of carbonyl (C=O) groups is 1. The molecule has 0 aliphatic carbocycles. The van der Waals surface area contributed by atoms with E-state index in [2.05, 4.69) is 12.2 Å². The first-order chi connectivity index (χ1) is 9.15. The second-order valence-electron chi connectivity index (χ2n) is 4.40. The molecule has 0 spiro atoms. The highest BCUT2D eigenvalue weighted by Gasteiger charge is 2.08. The topological polar surface area (TPSA) is 52.6 Å². The van der Waals surface area contributed by atoms with Gasteiger partial charge in [0.05, 0.1) is 13.2 Å². The van der Waals surface area contributed by atoms with Crippen LogP contribution in [0.1, 0.15) is 18.9 Å². The van der Waals surface area contributed by atoms with Crippen LogP contribution in [0, 0.1) is 0 Å². The lowest BCUT2D eigenvalue weighted by Crippen LogP contribution is -2.38. The fourth-order valence-corrected chi connectivity index (χ4v) is 1.92. The van der Waals surface area contributed by atoms with E-state index in [9.17, 15) is 4.79 Å². The van der Waals surface area contributed by atoms with Crippen molar-refractivity contribution in [2.75, 3.05) is 26.2 Å². The maximum atomic E-state index is 11.8. The van der Waals surface area contributed by atoms with Crippen LogP contribution in [0.5, 0.6) is 0 Å². The molecule has 0 saturated carbocycles. The van der Waals surface area contributed by atoms with Crippen molar-refractivity contribution in [1.29, 1.82) is 0 Å². The van der Waals surface area contributed by atoms with Crippen molar-refractivity contribution >= 4 is 17.5 Å². The molecule has 1 rings (SSSR count). The van der Waals surface area contributed by atoms with Crippen LogP contribution >= 0.6 is 11.6 Å². The van der Waals surface area contributed by atoms with Gasteiger partial charge in [0, 0.05) is 18.1 Å². The molecule has 106 valence electrons. The monoisotopic (exact) mass is 284 g/mol. The lowest BCUT2D eigenvalue weighted by molar-refractivity contribution is -0.122. The summed E-state index contributed by atoms with van der Waals surface area (Å²) in [7, 11) is 0. The summed E-state index contributed by atoms with van der Waals surface area (Å²) in [4.78, 5) is 13.7. The molecule has 0 fully saturated rings. The normalized spacial score (nSPS) is 10.7. The van der Waals surface area contributed by atoms with Crippen LogP contribution in [0.4, 0.5) is 0 Å². The van der Waals surface area contributed by atoms with E-state index in [1.807, 2.05) is 17.0 Å². The summed E-state index contributed by atoms with van der Waals surface area (Å²) in [5.74, 6) is -0.0307. The summed E-state index contributed by atoms with van der Waals surface area (Å²) in [6.45, 7) is 4.29. The molecule has 0 atom stereocenters. The van der Waals surface area contributed by atoms with E-state index >= 15 is 0 Å². The highest BCUT2D eigenvalue weighted by molar-refractivity contribution is 6.30. The third-order valence-electron chi connectivity index (χ3n) is 2.73. The van der Waals surface area contributed by atoms with Crippen LogP contribution in [-0.4, -0.2) is 42.2 Å². The van der Waals surface area contributed by atoms with Crippen molar-refractivity contribution in [3.05, 3.63) is 34.9 Å². The van der Waals surface area contributed by atoms with Crippen LogP contribution in [0.15, 0.2) is 24.3 Å². The van der Waals surface area contributed by atoms with E-state index in [0.29, 0.717) is 24.7 Å². The average molecular weight is 285 g/mol. The van der Waals surface area contributed by atoms with E-state index < -0.39 is 0 Å². The average Bonchev–Trinajstić information content (AvgIpc) is 2.39. The molecular weight excluding hydrogens is 264 g/mol. The van der Waals surface area contributed by atoms with Crippen LogP contribution in [0.3, 0.4) is 0 Å². The zero-order valence-electron chi connectivity index (χ0n) is 11.2. The largest absolute Gasteiger partial charge is 0.395 e. The quantitative estimate of drug-likeness (QED) is 0.763. The molecule has 0 unspecified atom stereocenters. The SMILES string of the molecule is CCCN(CCO)CC(=O)NCc1ccc(Cl)cc1. The van der Waals surface area contributed by atoms with Crippen LogP contribution < -0.4 is 5.32 Å². The van der Waals surface area contributed by atoms with Gasteiger partial charge in [-0.15, -0.1) is 0 Å². The van der Waals surface area contributed by atoms with Crippen LogP contribution in [0.2, 0.25) is 5.02 Å². The summed E-state index contributed by atoms with van der Waals surface area (Å²) in [5.41, 5.74) is 1.02. The first-order valence-electron chi connectivity index (χ1n) is 6.50. The van der Waals surface area contributed by atoms with Crippen molar-refractivity contribution in [2.24, 2.45) is 0 Å². The number of carbonyl (C=O) groups excluding carboxylic acids is 1. The fourth-order valence-electron chi connectivity index (χ4n) is 1.79. The van der Waals surface area contributed by atoms with Gasteiger partial charge < -0.3 is 10.4 Å². The molecule has 5 heteroatoms. The second kappa shape index (κ2) is 8.91. The van der Waals surface area contributed by atoms with Gasteiger partial charge in [-0.25, -0.2) is 0 Å². The minimum Gasteiger partial charge on any atom is -0.395 e. The van der Waals surface area contributed by atoms with Gasteiger partial charge in [0.25, 0.3) is 0 Å². The maximum absolute atomic E-state index is 11.8.